The molecule has 0 aliphatic heterocycles. The average molecular weight is 234 g/mol. The first-order valence-corrected chi connectivity index (χ1v) is 5.74. The van der Waals surface area contributed by atoms with Gasteiger partial charge in [0.15, 0.2) is 6.29 Å². The van der Waals surface area contributed by atoms with E-state index in [1.807, 2.05) is 27.7 Å². The molecule has 3 nitrogen and oxygen atoms in total. The summed E-state index contributed by atoms with van der Waals surface area (Å²) < 4.78 is 5.68. The van der Waals surface area contributed by atoms with Crippen LogP contribution >= 0.6 is 0 Å². The molecule has 0 aromatic heterocycles. The molecule has 0 aliphatic carbocycles. The molecule has 0 saturated heterocycles. The number of carbonyl (C=O) groups excluding carboxylic acids is 2. The van der Waals surface area contributed by atoms with Crippen molar-refractivity contribution in [3.05, 3.63) is 28.8 Å². The smallest absolute Gasteiger partial charge is 0.153 e. The fraction of sp³-hybridized carbons (Fsp3) is 0.429. The Morgan fingerprint density at radius 3 is 2.12 bits per heavy atom. The van der Waals surface area contributed by atoms with E-state index < -0.39 is 0 Å². The van der Waals surface area contributed by atoms with Gasteiger partial charge in [-0.15, -0.1) is 0 Å². The monoisotopic (exact) mass is 234 g/mol. The quantitative estimate of drug-likeness (QED) is 0.735. The fourth-order valence-corrected chi connectivity index (χ4v) is 1.65. The number of ether oxygens (including phenoxy) is 1. The topological polar surface area (TPSA) is 43.4 Å². The largest absolute Gasteiger partial charge is 0.490 e. The Morgan fingerprint density at radius 1 is 1.06 bits per heavy atom. The number of hydrogen-bond acceptors (Lipinski definition) is 3. The summed E-state index contributed by atoms with van der Waals surface area (Å²) in [5, 5.41) is 0. The van der Waals surface area contributed by atoms with Gasteiger partial charge in [-0.25, -0.2) is 0 Å². The fourth-order valence-electron chi connectivity index (χ4n) is 1.65. The van der Waals surface area contributed by atoms with Crippen LogP contribution in [0.2, 0.25) is 0 Å². The van der Waals surface area contributed by atoms with Crippen LogP contribution in [0.15, 0.2) is 12.1 Å². The Hall–Kier alpha value is -1.64. The van der Waals surface area contributed by atoms with Gasteiger partial charge in [0.1, 0.15) is 12.0 Å². The lowest BCUT2D eigenvalue weighted by molar-refractivity contribution is 0.111. The second-order valence-electron chi connectivity index (χ2n) is 4.59. The molecule has 3 heteroatoms. The van der Waals surface area contributed by atoms with Crippen LogP contribution in [0.25, 0.3) is 0 Å². The van der Waals surface area contributed by atoms with Gasteiger partial charge in [0.25, 0.3) is 0 Å². The van der Waals surface area contributed by atoms with E-state index in [0.29, 0.717) is 16.9 Å². The maximum absolute atomic E-state index is 11.1. The molecule has 0 bridgehead atoms. The van der Waals surface area contributed by atoms with E-state index in [-0.39, 0.29) is 12.0 Å². The molecule has 0 spiro atoms. The van der Waals surface area contributed by atoms with E-state index in [2.05, 4.69) is 0 Å². The van der Waals surface area contributed by atoms with Gasteiger partial charge < -0.3 is 4.74 Å². The van der Waals surface area contributed by atoms with Crippen LogP contribution in [0.4, 0.5) is 0 Å². The van der Waals surface area contributed by atoms with Gasteiger partial charge in [-0.1, -0.05) is 13.8 Å². The van der Waals surface area contributed by atoms with Crippen LogP contribution in [-0.4, -0.2) is 18.7 Å². The van der Waals surface area contributed by atoms with Crippen molar-refractivity contribution in [3.63, 3.8) is 0 Å². The number of benzene rings is 1. The summed E-state index contributed by atoms with van der Waals surface area (Å²) >= 11 is 0. The molecule has 1 rings (SSSR count). The third-order valence-corrected chi connectivity index (χ3v) is 2.41. The second-order valence-corrected chi connectivity index (χ2v) is 4.59. The van der Waals surface area contributed by atoms with Crippen LogP contribution in [-0.2, 0) is 0 Å². The highest BCUT2D eigenvalue weighted by Gasteiger charge is 2.15. The van der Waals surface area contributed by atoms with E-state index >= 15 is 0 Å². The van der Waals surface area contributed by atoms with Gasteiger partial charge in [-0.05, 0) is 37.5 Å². The first kappa shape index (κ1) is 13.4. The number of hydrogen-bond donors (Lipinski definition) is 0. The van der Waals surface area contributed by atoms with Crippen molar-refractivity contribution in [2.24, 2.45) is 0 Å². The first-order chi connectivity index (χ1) is 7.99. The van der Waals surface area contributed by atoms with E-state index in [9.17, 15) is 9.59 Å². The van der Waals surface area contributed by atoms with Gasteiger partial charge >= 0.3 is 0 Å². The molecule has 0 heterocycles. The summed E-state index contributed by atoms with van der Waals surface area (Å²) in [7, 11) is 0. The minimum absolute atomic E-state index is 0.00622. The van der Waals surface area contributed by atoms with Gasteiger partial charge in [0.05, 0.1) is 11.7 Å². The standard InChI is InChI=1S/C14H18O3/c1-9(2)13-6-11(7-15)5-12(8-16)14(13)17-10(3)4/h5-10H,1-4H3. The summed E-state index contributed by atoms with van der Waals surface area (Å²) in [5.74, 6) is 0.790. The van der Waals surface area contributed by atoms with Gasteiger partial charge in [-0.2, -0.15) is 0 Å². The second kappa shape index (κ2) is 5.62. The van der Waals surface area contributed by atoms with Gasteiger partial charge in [0.2, 0.25) is 0 Å². The first-order valence-electron chi connectivity index (χ1n) is 5.74. The molecule has 0 fully saturated rings. The van der Waals surface area contributed by atoms with E-state index in [4.69, 9.17) is 4.74 Å². The number of carbonyl (C=O) groups is 2. The Labute approximate surface area is 102 Å². The van der Waals surface area contributed by atoms with Gasteiger partial charge in [0, 0.05) is 5.56 Å². The third-order valence-electron chi connectivity index (χ3n) is 2.41. The molecule has 92 valence electrons. The van der Waals surface area contributed by atoms with Crippen LogP contribution in [0.1, 0.15) is 59.9 Å². The van der Waals surface area contributed by atoms with Crippen LogP contribution < -0.4 is 4.74 Å². The lowest BCUT2D eigenvalue weighted by Gasteiger charge is -2.18. The minimum Gasteiger partial charge on any atom is -0.490 e. The van der Waals surface area contributed by atoms with Crippen molar-refractivity contribution in [2.45, 2.75) is 39.7 Å². The SMILES string of the molecule is CC(C)Oc1c(C=O)cc(C=O)cc1C(C)C. The van der Waals surface area contributed by atoms with Crippen LogP contribution in [0.5, 0.6) is 5.75 Å². The maximum atomic E-state index is 11.1. The van der Waals surface area contributed by atoms with Crippen molar-refractivity contribution >= 4 is 12.6 Å². The maximum Gasteiger partial charge on any atom is 0.153 e. The lowest BCUT2D eigenvalue weighted by Crippen LogP contribution is -2.11. The molecule has 1 aromatic rings. The average Bonchev–Trinajstić information content (AvgIpc) is 2.28. The highest BCUT2D eigenvalue weighted by atomic mass is 16.5. The Kier molecular flexibility index (Phi) is 4.44. The van der Waals surface area contributed by atoms with Crippen molar-refractivity contribution < 1.29 is 14.3 Å². The van der Waals surface area contributed by atoms with Crippen molar-refractivity contribution in [3.8, 4) is 5.75 Å². The Bertz CT molecular complexity index is 420. The van der Waals surface area contributed by atoms with Crippen LogP contribution in [0, 0.1) is 0 Å². The molecule has 0 amide bonds. The molecule has 0 unspecified atom stereocenters. The Balaban J connectivity index is 3.40. The lowest BCUT2D eigenvalue weighted by atomic mass is 9.96. The number of rotatable bonds is 5. The predicted octanol–water partition coefficient (Wildman–Crippen LogP) is 3.22. The highest BCUT2D eigenvalue weighted by molar-refractivity contribution is 5.86. The predicted molar refractivity (Wildman–Crippen MR) is 67.1 cm³/mol. The molecule has 0 saturated carbocycles. The third kappa shape index (κ3) is 3.16. The van der Waals surface area contributed by atoms with Crippen molar-refractivity contribution in [1.82, 2.24) is 0 Å². The van der Waals surface area contributed by atoms with Crippen molar-refractivity contribution in [1.29, 1.82) is 0 Å². The molecule has 1 aromatic carbocycles. The van der Waals surface area contributed by atoms with E-state index in [1.54, 1.807) is 12.1 Å². The summed E-state index contributed by atoms with van der Waals surface area (Å²) in [5.41, 5.74) is 1.84. The van der Waals surface area contributed by atoms with Crippen LogP contribution in [0.3, 0.4) is 0 Å². The summed E-state index contributed by atoms with van der Waals surface area (Å²) in [4.78, 5) is 21.9. The molecule has 0 atom stereocenters. The highest BCUT2D eigenvalue weighted by Crippen LogP contribution is 2.31. The van der Waals surface area contributed by atoms with E-state index in [0.717, 1.165) is 18.1 Å². The minimum atomic E-state index is -0.00622. The molecule has 0 N–H and O–H groups in total. The zero-order valence-electron chi connectivity index (χ0n) is 10.7. The number of aldehydes is 2. The zero-order chi connectivity index (χ0) is 13.0. The van der Waals surface area contributed by atoms with E-state index in [1.165, 1.54) is 0 Å². The summed E-state index contributed by atoms with van der Waals surface area (Å²) in [6.45, 7) is 7.83. The molecule has 0 aliphatic rings. The van der Waals surface area contributed by atoms with Crippen molar-refractivity contribution in [2.75, 3.05) is 0 Å². The summed E-state index contributed by atoms with van der Waals surface area (Å²) in [6, 6.07) is 3.34. The molecule has 0 radical (unpaired) electrons. The normalized spacial score (nSPS) is 10.7. The zero-order valence-corrected chi connectivity index (χ0v) is 10.7. The molecular formula is C14H18O3. The van der Waals surface area contributed by atoms with Gasteiger partial charge in [-0.3, -0.25) is 9.59 Å². The Morgan fingerprint density at radius 2 is 1.71 bits per heavy atom. The molecular weight excluding hydrogens is 216 g/mol. The molecule has 17 heavy (non-hydrogen) atoms. The summed E-state index contributed by atoms with van der Waals surface area (Å²) in [6.07, 6.45) is 1.47.